The Labute approximate surface area is 106 Å². The van der Waals surface area contributed by atoms with Crippen LogP contribution in [0, 0.1) is 6.92 Å². The first-order valence-corrected chi connectivity index (χ1v) is 9.27. The molecule has 0 fully saturated rings. The Morgan fingerprint density at radius 2 is 1.65 bits per heavy atom. The molecule has 0 saturated heterocycles. The summed E-state index contributed by atoms with van der Waals surface area (Å²) in [5.41, 5.74) is 2.79. The maximum absolute atomic E-state index is 2.57. The molecule has 1 nitrogen and oxygen atoms in total. The highest BCUT2D eigenvalue weighted by molar-refractivity contribution is 6.79. The molecule has 0 aliphatic rings. The van der Waals surface area contributed by atoms with E-state index in [1.165, 1.54) is 16.5 Å². The summed E-state index contributed by atoms with van der Waals surface area (Å²) in [7, 11) is -1.51. The van der Waals surface area contributed by atoms with Crippen LogP contribution in [0.25, 0.3) is 10.9 Å². The molecule has 0 N–H and O–H groups in total. The molecule has 17 heavy (non-hydrogen) atoms. The largest absolute Gasteiger partial charge is 0.374 e. The first-order valence-electron chi connectivity index (χ1n) is 6.32. The van der Waals surface area contributed by atoms with Crippen LogP contribution in [-0.4, -0.2) is 12.5 Å². The minimum absolute atomic E-state index is 0.362. The minimum atomic E-state index is -1.51. The molecule has 0 aliphatic heterocycles. The predicted molar refractivity (Wildman–Crippen MR) is 79.3 cm³/mol. The van der Waals surface area contributed by atoms with Gasteiger partial charge >= 0.3 is 0 Å². The first kappa shape index (κ1) is 12.4. The van der Waals surface area contributed by atoms with Crippen molar-refractivity contribution in [3.8, 4) is 0 Å². The van der Waals surface area contributed by atoms with Gasteiger partial charge in [0.1, 0.15) is 0 Å². The minimum Gasteiger partial charge on any atom is -0.374 e. The van der Waals surface area contributed by atoms with E-state index in [0.717, 1.165) is 0 Å². The summed E-state index contributed by atoms with van der Waals surface area (Å²) in [6.07, 6.45) is 2.35. The predicted octanol–water partition coefficient (Wildman–Crippen LogP) is 4.80. The van der Waals surface area contributed by atoms with Crippen LogP contribution >= 0.6 is 0 Å². The van der Waals surface area contributed by atoms with Gasteiger partial charge in [0.15, 0.2) is 8.24 Å². The Morgan fingerprint density at radius 3 is 2.24 bits per heavy atom. The van der Waals surface area contributed by atoms with Crippen LogP contribution in [0.15, 0.2) is 30.5 Å². The summed E-state index contributed by atoms with van der Waals surface area (Å²) < 4.78 is 2.57. The van der Waals surface area contributed by atoms with E-state index in [0.29, 0.717) is 5.04 Å². The lowest BCUT2D eigenvalue weighted by Crippen LogP contribution is -2.44. The van der Waals surface area contributed by atoms with Gasteiger partial charge in [-0.2, -0.15) is 0 Å². The van der Waals surface area contributed by atoms with E-state index >= 15 is 0 Å². The van der Waals surface area contributed by atoms with Gasteiger partial charge in [0.2, 0.25) is 0 Å². The molecule has 0 atom stereocenters. The molecule has 1 aromatic carbocycles. The number of hydrogen-bond donors (Lipinski definition) is 0. The van der Waals surface area contributed by atoms with Crippen LogP contribution in [0.1, 0.15) is 26.3 Å². The van der Waals surface area contributed by atoms with Crippen LogP contribution in [-0.2, 0) is 0 Å². The number of benzene rings is 1. The number of hydrogen-bond acceptors (Lipinski definition) is 0. The van der Waals surface area contributed by atoms with Crippen molar-refractivity contribution in [2.24, 2.45) is 0 Å². The van der Waals surface area contributed by atoms with Crippen molar-refractivity contribution >= 4 is 19.1 Å². The summed E-state index contributed by atoms with van der Waals surface area (Å²) in [5.74, 6) is 0. The molecular weight excluding hydrogens is 222 g/mol. The van der Waals surface area contributed by atoms with Gasteiger partial charge in [0, 0.05) is 10.9 Å². The average Bonchev–Trinajstić information content (AvgIpc) is 2.56. The highest BCUT2D eigenvalue weighted by Gasteiger charge is 2.38. The zero-order chi connectivity index (χ0) is 12.8. The third kappa shape index (κ3) is 1.84. The van der Waals surface area contributed by atoms with Crippen molar-refractivity contribution in [1.29, 1.82) is 0 Å². The number of para-hydroxylation sites is 1. The number of rotatable bonds is 1. The van der Waals surface area contributed by atoms with Crippen LogP contribution < -0.4 is 0 Å². The first-order chi connectivity index (χ1) is 7.75. The molecule has 92 valence electrons. The Morgan fingerprint density at radius 1 is 1.06 bits per heavy atom. The molecule has 0 aliphatic carbocycles. The average molecular weight is 245 g/mol. The van der Waals surface area contributed by atoms with Crippen molar-refractivity contribution in [3.63, 3.8) is 0 Å². The third-order valence-corrected chi connectivity index (χ3v) is 9.59. The van der Waals surface area contributed by atoms with E-state index in [2.05, 4.69) is 75.5 Å². The van der Waals surface area contributed by atoms with Crippen molar-refractivity contribution in [3.05, 3.63) is 36.0 Å². The Kier molecular flexibility index (Phi) is 2.73. The highest BCUT2D eigenvalue weighted by atomic mass is 28.3. The molecule has 2 rings (SSSR count). The second-order valence-corrected chi connectivity index (χ2v) is 11.6. The standard InChI is InChI=1S/C15H23NSi/c1-12-11-16(17(5,6)15(2,3)4)14-10-8-7-9-13(12)14/h7-11H,1-6H3. The van der Waals surface area contributed by atoms with Crippen molar-refractivity contribution < 1.29 is 0 Å². The van der Waals surface area contributed by atoms with E-state index in [4.69, 9.17) is 0 Å². The SMILES string of the molecule is Cc1cn([Si](C)(C)C(C)(C)C)c2ccccc12. The second kappa shape index (κ2) is 3.74. The van der Waals surface area contributed by atoms with Crippen molar-refractivity contribution in [1.82, 2.24) is 4.23 Å². The van der Waals surface area contributed by atoms with Gasteiger partial charge in [0.05, 0.1) is 0 Å². The molecule has 0 bridgehead atoms. The van der Waals surface area contributed by atoms with Gasteiger partial charge in [-0.25, -0.2) is 0 Å². The summed E-state index contributed by atoms with van der Waals surface area (Å²) in [4.78, 5) is 0. The fourth-order valence-electron chi connectivity index (χ4n) is 2.17. The molecule has 0 amide bonds. The maximum atomic E-state index is 2.57. The quantitative estimate of drug-likeness (QED) is 0.636. The van der Waals surface area contributed by atoms with Gasteiger partial charge in [-0.3, -0.25) is 0 Å². The number of fused-ring (bicyclic) bond motifs is 1. The zero-order valence-corrected chi connectivity index (χ0v) is 12.8. The Bertz CT molecular complexity index is 544. The summed E-state index contributed by atoms with van der Waals surface area (Å²) in [5, 5.41) is 1.76. The smallest absolute Gasteiger partial charge is 0.161 e. The monoisotopic (exact) mass is 245 g/mol. The van der Waals surface area contributed by atoms with Crippen LogP contribution in [0.3, 0.4) is 0 Å². The van der Waals surface area contributed by atoms with E-state index in [-0.39, 0.29) is 0 Å². The molecule has 2 aromatic rings. The lowest BCUT2D eigenvalue weighted by molar-refractivity contribution is 0.703. The van der Waals surface area contributed by atoms with Gasteiger partial charge in [-0.05, 0) is 29.8 Å². The van der Waals surface area contributed by atoms with Gasteiger partial charge in [0.25, 0.3) is 0 Å². The number of nitrogens with zero attached hydrogens (tertiary/aromatic N) is 1. The fourth-order valence-corrected chi connectivity index (χ4v) is 4.21. The maximum Gasteiger partial charge on any atom is 0.161 e. The molecule has 2 heteroatoms. The van der Waals surface area contributed by atoms with Crippen LogP contribution in [0.5, 0.6) is 0 Å². The Balaban J connectivity index is 2.72. The number of aromatic nitrogens is 1. The van der Waals surface area contributed by atoms with Crippen LogP contribution in [0.4, 0.5) is 0 Å². The normalized spacial score (nSPS) is 13.3. The third-order valence-electron chi connectivity index (χ3n) is 4.35. The summed E-state index contributed by atoms with van der Waals surface area (Å²) >= 11 is 0. The summed E-state index contributed by atoms with van der Waals surface area (Å²) in [6.45, 7) is 14.2. The van der Waals surface area contributed by atoms with Crippen molar-refractivity contribution in [2.75, 3.05) is 0 Å². The second-order valence-electron chi connectivity index (χ2n) is 6.51. The fraction of sp³-hybridized carbons (Fsp3) is 0.467. The molecule has 0 unspecified atom stereocenters. The molecule has 0 spiro atoms. The zero-order valence-electron chi connectivity index (χ0n) is 11.8. The molecule has 1 heterocycles. The Hall–Kier alpha value is -1.02. The summed E-state index contributed by atoms with van der Waals surface area (Å²) in [6, 6.07) is 8.76. The van der Waals surface area contributed by atoms with E-state index < -0.39 is 8.24 Å². The molecule has 0 saturated carbocycles. The lowest BCUT2D eigenvalue weighted by Gasteiger charge is -2.38. The van der Waals surface area contributed by atoms with Gasteiger partial charge in [-0.15, -0.1) is 0 Å². The topological polar surface area (TPSA) is 4.93 Å². The van der Waals surface area contributed by atoms with E-state index in [1.807, 2.05) is 0 Å². The molecular formula is C15H23NSi. The highest BCUT2D eigenvalue weighted by Crippen LogP contribution is 2.39. The lowest BCUT2D eigenvalue weighted by atomic mass is 10.2. The van der Waals surface area contributed by atoms with Gasteiger partial charge in [-0.1, -0.05) is 52.1 Å². The van der Waals surface area contributed by atoms with E-state index in [9.17, 15) is 0 Å². The van der Waals surface area contributed by atoms with Crippen molar-refractivity contribution in [2.45, 2.75) is 45.8 Å². The van der Waals surface area contributed by atoms with Gasteiger partial charge < -0.3 is 4.23 Å². The molecule has 1 aromatic heterocycles. The van der Waals surface area contributed by atoms with E-state index in [1.54, 1.807) is 0 Å². The van der Waals surface area contributed by atoms with Crippen LogP contribution in [0.2, 0.25) is 18.1 Å². The number of aryl methyl sites for hydroxylation is 1. The molecule has 0 radical (unpaired) electrons.